The van der Waals surface area contributed by atoms with Crippen LogP contribution in [-0.2, 0) is 19.6 Å². The van der Waals surface area contributed by atoms with E-state index in [1.165, 1.54) is 5.56 Å². The molecule has 4 rings (SSSR count). The third kappa shape index (κ3) is 6.18. The van der Waals surface area contributed by atoms with E-state index in [-0.39, 0.29) is 0 Å². The molecule has 0 unspecified atom stereocenters. The van der Waals surface area contributed by atoms with E-state index in [0.717, 1.165) is 53.7 Å². The quantitative estimate of drug-likeness (QED) is 0.321. The van der Waals surface area contributed by atoms with Crippen molar-refractivity contribution >= 4 is 11.4 Å². The molecule has 33 heavy (non-hydrogen) atoms. The molecule has 0 bridgehead atoms. The standard InChI is InChI=1S/C28H31N5/c1-21(2)20-33-28(24-9-5-4-6-10-24)17-27(32-33)22(3)31-25-14-12-23(13-15-25)18-29-19-26-11-7-8-16-30-26/h4-17,21,29,31H,3,18-20H2,1-2H3. The van der Waals surface area contributed by atoms with Gasteiger partial charge in [-0.2, -0.15) is 5.10 Å². The van der Waals surface area contributed by atoms with Gasteiger partial charge >= 0.3 is 0 Å². The number of rotatable bonds is 10. The van der Waals surface area contributed by atoms with Crippen molar-refractivity contribution < 1.29 is 0 Å². The summed E-state index contributed by atoms with van der Waals surface area (Å²) in [5, 5.41) is 11.7. The highest BCUT2D eigenvalue weighted by atomic mass is 15.3. The van der Waals surface area contributed by atoms with E-state index in [1.807, 2.05) is 30.5 Å². The Morgan fingerprint density at radius 2 is 1.70 bits per heavy atom. The number of hydrogen-bond acceptors (Lipinski definition) is 4. The molecule has 168 valence electrons. The van der Waals surface area contributed by atoms with Gasteiger partial charge in [0.2, 0.25) is 0 Å². The number of pyridine rings is 1. The number of aromatic nitrogens is 3. The molecule has 0 aliphatic carbocycles. The fourth-order valence-corrected chi connectivity index (χ4v) is 3.67. The average molecular weight is 438 g/mol. The van der Waals surface area contributed by atoms with Crippen molar-refractivity contribution in [1.29, 1.82) is 0 Å². The molecule has 5 heteroatoms. The summed E-state index contributed by atoms with van der Waals surface area (Å²) < 4.78 is 2.08. The second-order valence-electron chi connectivity index (χ2n) is 8.58. The van der Waals surface area contributed by atoms with Crippen molar-refractivity contribution in [2.24, 2.45) is 5.92 Å². The van der Waals surface area contributed by atoms with Crippen LogP contribution in [0.4, 0.5) is 5.69 Å². The highest BCUT2D eigenvalue weighted by Gasteiger charge is 2.13. The molecule has 0 spiro atoms. The van der Waals surface area contributed by atoms with Gasteiger partial charge in [-0.15, -0.1) is 0 Å². The van der Waals surface area contributed by atoms with Gasteiger partial charge < -0.3 is 10.6 Å². The highest BCUT2D eigenvalue weighted by Crippen LogP contribution is 2.25. The summed E-state index contributed by atoms with van der Waals surface area (Å²) in [5.41, 5.74) is 7.16. The zero-order valence-electron chi connectivity index (χ0n) is 19.3. The molecule has 0 fully saturated rings. The molecule has 2 N–H and O–H groups in total. The monoisotopic (exact) mass is 437 g/mol. The third-order valence-corrected chi connectivity index (χ3v) is 5.31. The van der Waals surface area contributed by atoms with Crippen molar-refractivity contribution in [2.45, 2.75) is 33.5 Å². The Morgan fingerprint density at radius 3 is 2.39 bits per heavy atom. The minimum Gasteiger partial charge on any atom is -0.354 e. The molecule has 4 aromatic rings. The molecule has 2 aromatic heterocycles. The Kier molecular flexibility index (Phi) is 7.33. The van der Waals surface area contributed by atoms with Gasteiger partial charge in [0.05, 0.1) is 17.1 Å². The zero-order valence-corrected chi connectivity index (χ0v) is 19.3. The molecule has 2 heterocycles. The van der Waals surface area contributed by atoms with Crippen molar-refractivity contribution in [1.82, 2.24) is 20.1 Å². The lowest BCUT2D eigenvalue weighted by Gasteiger charge is -2.10. The topological polar surface area (TPSA) is 54.8 Å². The second-order valence-corrected chi connectivity index (χ2v) is 8.58. The number of anilines is 1. The summed E-state index contributed by atoms with van der Waals surface area (Å²) in [6.45, 7) is 11.1. The lowest BCUT2D eigenvalue weighted by molar-refractivity contribution is 0.486. The molecule has 0 saturated carbocycles. The Bertz CT molecular complexity index is 1160. The predicted octanol–water partition coefficient (Wildman–Crippen LogP) is 5.97. The highest BCUT2D eigenvalue weighted by molar-refractivity contribution is 5.76. The Balaban J connectivity index is 1.40. The molecular weight excluding hydrogens is 406 g/mol. The van der Waals surface area contributed by atoms with Crippen LogP contribution in [0.2, 0.25) is 0 Å². The van der Waals surface area contributed by atoms with E-state index in [2.05, 4.69) is 95.3 Å². The smallest absolute Gasteiger partial charge is 0.109 e. The first kappa shape index (κ1) is 22.5. The van der Waals surface area contributed by atoms with Gasteiger partial charge in [0.15, 0.2) is 0 Å². The summed E-state index contributed by atoms with van der Waals surface area (Å²) in [7, 11) is 0. The maximum absolute atomic E-state index is 4.85. The normalized spacial score (nSPS) is 11.0. The number of nitrogens with one attached hydrogen (secondary N) is 2. The maximum Gasteiger partial charge on any atom is 0.109 e. The lowest BCUT2D eigenvalue weighted by atomic mass is 10.1. The molecule has 0 amide bonds. The van der Waals surface area contributed by atoms with Crippen molar-refractivity contribution in [3.8, 4) is 11.3 Å². The molecule has 0 radical (unpaired) electrons. The fraction of sp³-hybridized carbons (Fsp3) is 0.214. The van der Waals surface area contributed by atoms with Crippen LogP contribution in [0.15, 0.2) is 91.6 Å². The van der Waals surface area contributed by atoms with E-state index in [0.29, 0.717) is 5.92 Å². The molecule has 0 aliphatic heterocycles. The minimum atomic E-state index is 0.500. The van der Waals surface area contributed by atoms with Crippen LogP contribution in [0.1, 0.15) is 30.8 Å². The number of hydrogen-bond donors (Lipinski definition) is 2. The molecule has 0 saturated heterocycles. The second kappa shape index (κ2) is 10.7. The van der Waals surface area contributed by atoms with Crippen LogP contribution in [0.25, 0.3) is 17.0 Å². The van der Waals surface area contributed by atoms with E-state index >= 15 is 0 Å². The fourth-order valence-electron chi connectivity index (χ4n) is 3.67. The van der Waals surface area contributed by atoms with Gasteiger partial charge in [0.1, 0.15) is 5.69 Å². The van der Waals surface area contributed by atoms with Crippen molar-refractivity contribution in [2.75, 3.05) is 5.32 Å². The van der Waals surface area contributed by atoms with Crippen molar-refractivity contribution in [3.63, 3.8) is 0 Å². The average Bonchev–Trinajstić information content (AvgIpc) is 3.25. The van der Waals surface area contributed by atoms with E-state index < -0.39 is 0 Å². The number of benzene rings is 2. The molecule has 5 nitrogen and oxygen atoms in total. The van der Waals surface area contributed by atoms with Gasteiger partial charge in [-0.3, -0.25) is 9.67 Å². The molecule has 2 aromatic carbocycles. The van der Waals surface area contributed by atoms with Gasteiger partial charge in [-0.05, 0) is 47.4 Å². The van der Waals surface area contributed by atoms with E-state index in [9.17, 15) is 0 Å². The maximum atomic E-state index is 4.85. The van der Waals surface area contributed by atoms with E-state index in [1.54, 1.807) is 0 Å². The number of nitrogens with zero attached hydrogens (tertiary/aromatic N) is 3. The van der Waals surface area contributed by atoms with Crippen LogP contribution >= 0.6 is 0 Å². The lowest BCUT2D eigenvalue weighted by Crippen LogP contribution is -2.13. The van der Waals surface area contributed by atoms with Crippen LogP contribution in [0, 0.1) is 5.92 Å². The summed E-state index contributed by atoms with van der Waals surface area (Å²) in [6.07, 6.45) is 1.82. The first-order valence-electron chi connectivity index (χ1n) is 11.4. The summed E-state index contributed by atoms with van der Waals surface area (Å²) in [6, 6.07) is 26.9. The Hall–Kier alpha value is -3.70. The molecule has 0 aliphatic rings. The largest absolute Gasteiger partial charge is 0.354 e. The SMILES string of the molecule is C=C(Nc1ccc(CNCc2ccccn2)cc1)c1cc(-c2ccccc2)n(CC(C)C)n1. The predicted molar refractivity (Wildman–Crippen MR) is 136 cm³/mol. The Morgan fingerprint density at radius 1 is 0.939 bits per heavy atom. The van der Waals surface area contributed by atoms with Crippen LogP contribution in [-0.4, -0.2) is 14.8 Å². The first-order chi connectivity index (χ1) is 16.1. The van der Waals surface area contributed by atoms with Gasteiger partial charge in [-0.25, -0.2) is 0 Å². The summed E-state index contributed by atoms with van der Waals surface area (Å²) >= 11 is 0. The van der Waals surface area contributed by atoms with Crippen LogP contribution in [0.5, 0.6) is 0 Å². The van der Waals surface area contributed by atoms with Gasteiger partial charge in [0.25, 0.3) is 0 Å². The Labute approximate surface area is 196 Å². The zero-order chi connectivity index (χ0) is 23.0. The van der Waals surface area contributed by atoms with Crippen molar-refractivity contribution in [3.05, 3.63) is 109 Å². The molecule has 0 atom stereocenters. The summed E-state index contributed by atoms with van der Waals surface area (Å²) in [4.78, 5) is 4.34. The summed E-state index contributed by atoms with van der Waals surface area (Å²) in [5.74, 6) is 0.500. The van der Waals surface area contributed by atoms with Crippen LogP contribution in [0.3, 0.4) is 0 Å². The van der Waals surface area contributed by atoms with Gasteiger partial charge in [0, 0.05) is 31.5 Å². The minimum absolute atomic E-state index is 0.500. The first-order valence-corrected chi connectivity index (χ1v) is 11.4. The van der Waals surface area contributed by atoms with E-state index in [4.69, 9.17) is 5.10 Å². The third-order valence-electron chi connectivity index (χ3n) is 5.31. The van der Waals surface area contributed by atoms with Crippen LogP contribution < -0.4 is 10.6 Å². The van der Waals surface area contributed by atoms with Gasteiger partial charge in [-0.1, -0.05) is 69.0 Å². The molecular formula is C28H31N5.